The van der Waals surface area contributed by atoms with Crippen LogP contribution in [0.15, 0.2) is 40.1 Å². The van der Waals surface area contributed by atoms with Gasteiger partial charge in [0.2, 0.25) is 0 Å². The quantitative estimate of drug-likeness (QED) is 0.682. The van der Waals surface area contributed by atoms with Gasteiger partial charge in [-0.05, 0) is 51.0 Å². The maximum Gasteiger partial charge on any atom is 0.257 e. The fourth-order valence-electron chi connectivity index (χ4n) is 3.44. The lowest BCUT2D eigenvalue weighted by molar-refractivity contribution is -0.113. The summed E-state index contributed by atoms with van der Waals surface area (Å²) in [6.07, 6.45) is 2.07. The minimum Gasteiger partial charge on any atom is -0.360 e. The fraction of sp³-hybridized carbons (Fsp3) is 0.316. The first-order valence-corrected chi connectivity index (χ1v) is 10.0. The van der Waals surface area contributed by atoms with Crippen LogP contribution < -0.4 is 10.6 Å². The van der Waals surface area contributed by atoms with Crippen molar-refractivity contribution in [3.8, 4) is 0 Å². The molecule has 2 aromatic rings. The lowest BCUT2D eigenvalue weighted by Crippen LogP contribution is -2.49. The van der Waals surface area contributed by atoms with Gasteiger partial charge in [-0.25, -0.2) is 0 Å². The number of aryl methyl sites for hydroxylation is 1. The van der Waals surface area contributed by atoms with Crippen LogP contribution in [0.3, 0.4) is 0 Å². The Hall–Kier alpha value is -2.09. The van der Waals surface area contributed by atoms with Crippen molar-refractivity contribution in [3.05, 3.63) is 56.9 Å². The van der Waals surface area contributed by atoms with Gasteiger partial charge < -0.3 is 20.1 Å². The number of rotatable bonds is 4. The zero-order valence-corrected chi connectivity index (χ0v) is 17.6. The zero-order chi connectivity index (χ0) is 20.0. The molecule has 2 heterocycles. The van der Waals surface area contributed by atoms with E-state index >= 15 is 0 Å². The van der Waals surface area contributed by atoms with E-state index in [1.807, 2.05) is 11.8 Å². The Kier molecular flexibility index (Phi) is 5.07. The lowest BCUT2D eigenvalue weighted by atomic mass is 9.94. The topological polar surface area (TPSA) is 70.4 Å². The summed E-state index contributed by atoms with van der Waals surface area (Å²) in [6, 6.07) is 6.64. The molecule has 4 rings (SSSR count). The number of thiocarbonyl (C=S) groups is 1. The first-order valence-electron chi connectivity index (χ1n) is 8.86. The van der Waals surface area contributed by atoms with Crippen molar-refractivity contribution in [3.63, 3.8) is 0 Å². The number of nitrogens with one attached hydrogen (secondary N) is 2. The molecule has 1 saturated carbocycles. The molecule has 1 aliphatic heterocycles. The molecule has 1 amide bonds. The number of halogens is 2. The standard InChI is InChI=1S/C19H18Cl2N4O2S/c1-9-8-14(24-27-9)22-18(26)15-10(2)25(11-6-7-11)19(28)23-17(15)16-12(20)4-3-5-13(16)21/h3-5,8,11,17H,6-7H2,1-2H3,(H,23,28)(H,22,24,26). The molecular formula is C19H18Cl2N4O2S. The SMILES string of the molecule is CC1=C(C(=O)Nc2cc(C)on2)C(c2c(Cl)cccc2Cl)NC(=S)N1C1CC1. The van der Waals surface area contributed by atoms with Crippen molar-refractivity contribution >= 4 is 52.3 Å². The molecule has 1 unspecified atom stereocenters. The minimum absolute atomic E-state index is 0.305. The van der Waals surface area contributed by atoms with Gasteiger partial charge in [-0.1, -0.05) is 34.4 Å². The largest absolute Gasteiger partial charge is 0.360 e. The maximum atomic E-state index is 13.2. The minimum atomic E-state index is -0.573. The third-order valence-corrected chi connectivity index (χ3v) is 5.81. The number of allylic oxidation sites excluding steroid dienone is 1. The smallest absolute Gasteiger partial charge is 0.257 e. The Morgan fingerprint density at radius 3 is 2.57 bits per heavy atom. The number of benzene rings is 1. The van der Waals surface area contributed by atoms with Crippen LogP contribution in [0.2, 0.25) is 10.0 Å². The second-order valence-corrected chi connectivity index (χ2v) is 8.10. The van der Waals surface area contributed by atoms with Crippen LogP contribution in [0.25, 0.3) is 0 Å². The van der Waals surface area contributed by atoms with Crippen molar-refractivity contribution in [1.29, 1.82) is 0 Å². The highest BCUT2D eigenvalue weighted by molar-refractivity contribution is 7.80. The summed E-state index contributed by atoms with van der Waals surface area (Å²) < 4.78 is 5.05. The molecule has 146 valence electrons. The molecule has 1 fully saturated rings. The summed E-state index contributed by atoms with van der Waals surface area (Å²) >= 11 is 18.5. The van der Waals surface area contributed by atoms with Gasteiger partial charge in [0.15, 0.2) is 10.9 Å². The van der Waals surface area contributed by atoms with Crippen molar-refractivity contribution < 1.29 is 9.32 Å². The normalized spacial score (nSPS) is 19.6. The molecule has 0 saturated heterocycles. The van der Waals surface area contributed by atoms with Gasteiger partial charge >= 0.3 is 0 Å². The second kappa shape index (κ2) is 7.39. The van der Waals surface area contributed by atoms with E-state index in [1.165, 1.54) is 0 Å². The van der Waals surface area contributed by atoms with E-state index in [0.717, 1.165) is 18.5 Å². The van der Waals surface area contributed by atoms with Crippen molar-refractivity contribution in [2.24, 2.45) is 0 Å². The highest BCUT2D eigenvalue weighted by Crippen LogP contribution is 2.41. The Bertz CT molecular complexity index is 979. The first-order chi connectivity index (χ1) is 13.4. The van der Waals surface area contributed by atoms with Crippen LogP contribution >= 0.6 is 35.4 Å². The molecule has 1 aromatic carbocycles. The van der Waals surface area contributed by atoms with Crippen LogP contribution in [0.4, 0.5) is 5.82 Å². The van der Waals surface area contributed by atoms with Gasteiger partial charge in [0.05, 0.1) is 11.6 Å². The highest BCUT2D eigenvalue weighted by atomic mass is 35.5. The van der Waals surface area contributed by atoms with Crippen LogP contribution in [-0.2, 0) is 4.79 Å². The number of carbonyl (C=O) groups is 1. The Morgan fingerprint density at radius 2 is 2.00 bits per heavy atom. The molecule has 2 aliphatic rings. The molecule has 1 aromatic heterocycles. The van der Waals surface area contributed by atoms with Gasteiger partial charge in [0.1, 0.15) is 5.76 Å². The molecule has 1 aliphatic carbocycles. The van der Waals surface area contributed by atoms with E-state index in [9.17, 15) is 4.79 Å². The second-order valence-electron chi connectivity index (χ2n) is 6.90. The summed E-state index contributed by atoms with van der Waals surface area (Å²) in [6.45, 7) is 3.65. The number of amides is 1. The van der Waals surface area contributed by atoms with Gasteiger partial charge in [0, 0.05) is 33.4 Å². The molecule has 0 radical (unpaired) electrons. The predicted octanol–water partition coefficient (Wildman–Crippen LogP) is 4.60. The fourth-order valence-corrected chi connectivity index (χ4v) is 4.46. The van der Waals surface area contributed by atoms with E-state index in [-0.39, 0.29) is 5.91 Å². The van der Waals surface area contributed by atoms with Crippen molar-refractivity contribution in [2.75, 3.05) is 5.32 Å². The van der Waals surface area contributed by atoms with E-state index in [2.05, 4.69) is 15.8 Å². The molecule has 0 spiro atoms. The number of hydrogen-bond donors (Lipinski definition) is 2. The Balaban J connectivity index is 1.79. The summed E-state index contributed by atoms with van der Waals surface area (Å²) in [4.78, 5) is 15.2. The third-order valence-electron chi connectivity index (χ3n) is 4.84. The summed E-state index contributed by atoms with van der Waals surface area (Å²) in [5.41, 5.74) is 1.89. The Labute approximate surface area is 177 Å². The number of anilines is 1. The average Bonchev–Trinajstić information content (AvgIpc) is 3.36. The predicted molar refractivity (Wildman–Crippen MR) is 112 cm³/mol. The van der Waals surface area contributed by atoms with Crippen molar-refractivity contribution in [1.82, 2.24) is 15.4 Å². The molecule has 6 nitrogen and oxygen atoms in total. The van der Waals surface area contributed by atoms with E-state index in [1.54, 1.807) is 31.2 Å². The average molecular weight is 437 g/mol. The first kappa shape index (κ1) is 19.2. The van der Waals surface area contributed by atoms with Gasteiger partial charge in [0.25, 0.3) is 5.91 Å². The number of hydrogen-bond acceptors (Lipinski definition) is 4. The molecular weight excluding hydrogens is 419 g/mol. The van der Waals surface area contributed by atoms with E-state index in [4.69, 9.17) is 39.9 Å². The van der Waals surface area contributed by atoms with Gasteiger partial charge in [-0.2, -0.15) is 0 Å². The number of carbonyl (C=O) groups excluding carboxylic acids is 1. The number of aromatic nitrogens is 1. The van der Waals surface area contributed by atoms with Crippen LogP contribution in [0.5, 0.6) is 0 Å². The monoisotopic (exact) mass is 436 g/mol. The van der Waals surface area contributed by atoms with Crippen molar-refractivity contribution in [2.45, 2.75) is 38.8 Å². The third kappa shape index (κ3) is 3.50. The summed E-state index contributed by atoms with van der Waals surface area (Å²) in [7, 11) is 0. The lowest BCUT2D eigenvalue weighted by Gasteiger charge is -2.38. The van der Waals surface area contributed by atoms with Gasteiger partial charge in [-0.15, -0.1) is 0 Å². The molecule has 2 N–H and O–H groups in total. The molecule has 0 bridgehead atoms. The van der Waals surface area contributed by atoms with Crippen LogP contribution in [-0.4, -0.2) is 27.1 Å². The summed E-state index contributed by atoms with van der Waals surface area (Å²) in [5.74, 6) is 0.639. The molecule has 28 heavy (non-hydrogen) atoms. The van der Waals surface area contributed by atoms with E-state index < -0.39 is 6.04 Å². The molecule has 1 atom stereocenters. The van der Waals surface area contributed by atoms with Crippen LogP contribution in [0.1, 0.15) is 37.1 Å². The summed E-state index contributed by atoms with van der Waals surface area (Å²) in [5, 5.41) is 11.4. The zero-order valence-electron chi connectivity index (χ0n) is 15.3. The number of nitrogens with zero attached hydrogens (tertiary/aromatic N) is 2. The highest BCUT2D eigenvalue weighted by Gasteiger charge is 2.41. The Morgan fingerprint density at radius 1 is 1.32 bits per heavy atom. The maximum absolute atomic E-state index is 13.2. The molecule has 9 heteroatoms. The van der Waals surface area contributed by atoms with E-state index in [0.29, 0.717) is 43.9 Å². The van der Waals surface area contributed by atoms with Gasteiger partial charge in [-0.3, -0.25) is 4.79 Å². The van der Waals surface area contributed by atoms with Crippen LogP contribution in [0, 0.1) is 6.92 Å².